The third-order valence-corrected chi connectivity index (χ3v) is 10.6. The Kier molecular flexibility index (Phi) is 12.2. The molecule has 0 spiro atoms. The molecule has 53 heavy (non-hydrogen) atoms. The number of fused-ring (bicyclic) bond motifs is 1. The molecule has 0 bridgehead atoms. The van der Waals surface area contributed by atoms with E-state index in [1.54, 1.807) is 72.8 Å². The van der Waals surface area contributed by atoms with Gasteiger partial charge in [0.15, 0.2) is 11.5 Å². The summed E-state index contributed by atoms with van der Waals surface area (Å²) in [5, 5.41) is 19.1. The zero-order valence-corrected chi connectivity index (χ0v) is 30.8. The monoisotopic (exact) mass is 743 g/mol. The maximum atomic E-state index is 13.6. The highest BCUT2D eigenvalue weighted by Gasteiger charge is 2.25. The van der Waals surface area contributed by atoms with Crippen LogP contribution in [0.25, 0.3) is 6.08 Å². The van der Waals surface area contributed by atoms with Crippen molar-refractivity contribution in [2.75, 3.05) is 37.2 Å². The predicted molar refractivity (Wildman–Crippen MR) is 209 cm³/mol. The maximum absolute atomic E-state index is 13.6. The molecule has 2 heterocycles. The number of ether oxygens (including phenoxy) is 2. The van der Waals surface area contributed by atoms with E-state index in [2.05, 4.69) is 39.1 Å². The Balaban J connectivity index is 1.11. The van der Waals surface area contributed by atoms with Crippen molar-refractivity contribution >= 4 is 57.6 Å². The first-order chi connectivity index (χ1) is 25.8. The Labute approximate surface area is 316 Å². The number of thioether (sulfide) groups is 1. The number of hydrogen-bond donors (Lipinski definition) is 3. The summed E-state index contributed by atoms with van der Waals surface area (Å²) < 4.78 is 10.7. The molecular weight excluding hydrogens is 707 g/mol. The molecule has 0 radical (unpaired) electrons. The second-order valence-electron chi connectivity index (χ2n) is 12.1. The minimum atomic E-state index is -0.544. The van der Waals surface area contributed by atoms with Gasteiger partial charge in [-0.1, -0.05) is 60.7 Å². The highest BCUT2D eigenvalue weighted by molar-refractivity contribution is 8.00. The number of carbonyl (C=O) groups excluding carboxylic acids is 3. The van der Waals surface area contributed by atoms with Crippen LogP contribution in [0.5, 0.6) is 11.5 Å². The molecule has 0 saturated carbocycles. The van der Waals surface area contributed by atoms with Crippen LogP contribution in [0.2, 0.25) is 0 Å². The highest BCUT2D eigenvalue weighted by Crippen LogP contribution is 2.37. The molecule has 0 saturated heterocycles. The van der Waals surface area contributed by atoms with E-state index < -0.39 is 11.8 Å². The Morgan fingerprint density at radius 2 is 1.66 bits per heavy atom. The lowest BCUT2D eigenvalue weighted by Gasteiger charge is -2.26. The van der Waals surface area contributed by atoms with E-state index in [4.69, 9.17) is 9.47 Å². The van der Waals surface area contributed by atoms with Crippen molar-refractivity contribution in [2.24, 2.45) is 0 Å². The molecule has 6 rings (SSSR count). The SMILES string of the molecule is COc1ccc(/C=C(/NC(=O)c2ccccc2)C(=O)Nc2cccc(SCC(=O)Nc3sc4c(c3C#N)CCN(Cc3ccccc3)C4)c2)cc1OC. The zero-order chi connectivity index (χ0) is 37.2. The van der Waals surface area contributed by atoms with Gasteiger partial charge in [-0.25, -0.2) is 0 Å². The lowest BCUT2D eigenvalue weighted by Crippen LogP contribution is -2.30. The normalized spacial score (nSPS) is 12.6. The van der Waals surface area contributed by atoms with E-state index in [-0.39, 0.29) is 17.4 Å². The van der Waals surface area contributed by atoms with Crippen LogP contribution in [0, 0.1) is 11.3 Å². The quantitative estimate of drug-likeness (QED) is 0.0844. The Bertz CT molecular complexity index is 2180. The van der Waals surface area contributed by atoms with Crippen LogP contribution < -0.4 is 25.4 Å². The van der Waals surface area contributed by atoms with Crippen molar-refractivity contribution in [1.82, 2.24) is 10.2 Å². The van der Waals surface area contributed by atoms with Crippen molar-refractivity contribution in [1.29, 1.82) is 5.26 Å². The first kappa shape index (κ1) is 36.9. The molecule has 0 atom stereocenters. The number of nitrogens with one attached hydrogen (secondary N) is 3. The van der Waals surface area contributed by atoms with Crippen molar-refractivity contribution < 1.29 is 23.9 Å². The van der Waals surface area contributed by atoms with Crippen molar-refractivity contribution in [2.45, 2.75) is 24.4 Å². The van der Waals surface area contributed by atoms with Gasteiger partial charge in [0.1, 0.15) is 16.8 Å². The number of rotatable bonds is 13. The molecule has 0 fully saturated rings. The van der Waals surface area contributed by atoms with Crippen LogP contribution in [0.4, 0.5) is 10.7 Å². The summed E-state index contributed by atoms with van der Waals surface area (Å²) >= 11 is 2.77. The molecule has 5 aromatic rings. The van der Waals surface area contributed by atoms with E-state index in [0.717, 1.165) is 41.4 Å². The summed E-state index contributed by atoms with van der Waals surface area (Å²) in [4.78, 5) is 44.1. The van der Waals surface area contributed by atoms with Crippen molar-refractivity contribution in [3.8, 4) is 17.6 Å². The molecule has 0 unspecified atom stereocenters. The number of methoxy groups -OCH3 is 2. The van der Waals surface area contributed by atoms with Gasteiger partial charge in [-0.3, -0.25) is 19.3 Å². The highest BCUT2D eigenvalue weighted by atomic mass is 32.2. The average molecular weight is 744 g/mol. The standard InChI is InChI=1S/C41H37N5O5S2/c1-50-35-17-16-28(21-36(35)51-2)20-34(44-39(48)29-12-7-4-8-13-29)40(49)43-30-14-9-15-31(22-30)52-26-38(47)45-41-33(23-42)32-18-19-46(25-37(32)53-41)24-27-10-5-3-6-11-27/h3-17,20-22H,18-19,24-26H2,1-2H3,(H,43,49)(H,44,48)(H,45,47)/b34-20+. The largest absolute Gasteiger partial charge is 0.493 e. The molecule has 3 amide bonds. The Morgan fingerprint density at radius 1 is 0.906 bits per heavy atom. The third-order valence-electron chi connectivity index (χ3n) is 8.46. The smallest absolute Gasteiger partial charge is 0.272 e. The second kappa shape index (κ2) is 17.6. The number of anilines is 2. The minimum Gasteiger partial charge on any atom is -0.493 e. The molecule has 10 nitrogen and oxygen atoms in total. The first-order valence-electron chi connectivity index (χ1n) is 16.8. The number of nitriles is 1. The summed E-state index contributed by atoms with van der Waals surface area (Å²) in [6.45, 7) is 2.40. The minimum absolute atomic E-state index is 0.0126. The van der Waals surface area contributed by atoms with Crippen LogP contribution in [0.15, 0.2) is 114 Å². The van der Waals surface area contributed by atoms with E-state index in [0.29, 0.717) is 38.9 Å². The fraction of sp³-hybridized carbons (Fsp3) is 0.171. The first-order valence-corrected chi connectivity index (χ1v) is 18.6. The third kappa shape index (κ3) is 9.52. The van der Waals surface area contributed by atoms with Gasteiger partial charge in [0.2, 0.25) is 5.91 Å². The second-order valence-corrected chi connectivity index (χ2v) is 14.2. The van der Waals surface area contributed by atoms with Gasteiger partial charge < -0.3 is 25.4 Å². The van der Waals surface area contributed by atoms with E-state index in [1.165, 1.54) is 42.9 Å². The number of thiophene rings is 1. The number of amides is 3. The fourth-order valence-corrected chi connectivity index (χ4v) is 7.88. The fourth-order valence-electron chi connectivity index (χ4n) is 5.86. The average Bonchev–Trinajstić information content (AvgIpc) is 3.53. The molecule has 268 valence electrons. The van der Waals surface area contributed by atoms with Crippen LogP contribution in [0.1, 0.15) is 37.5 Å². The topological polar surface area (TPSA) is 133 Å². The van der Waals surface area contributed by atoms with Crippen LogP contribution >= 0.6 is 23.1 Å². The van der Waals surface area contributed by atoms with E-state index >= 15 is 0 Å². The zero-order valence-electron chi connectivity index (χ0n) is 29.2. The molecule has 12 heteroatoms. The van der Waals surface area contributed by atoms with Gasteiger partial charge in [0, 0.05) is 40.7 Å². The summed E-state index contributed by atoms with van der Waals surface area (Å²) in [5.74, 6) is -0.127. The van der Waals surface area contributed by atoms with Crippen LogP contribution in [-0.2, 0) is 29.1 Å². The Hall–Kier alpha value is -5.87. The van der Waals surface area contributed by atoms with Crippen molar-refractivity contribution in [3.05, 3.63) is 142 Å². The van der Waals surface area contributed by atoms with Crippen molar-refractivity contribution in [3.63, 3.8) is 0 Å². The maximum Gasteiger partial charge on any atom is 0.272 e. The van der Waals surface area contributed by atoms with Gasteiger partial charge in [-0.15, -0.1) is 23.1 Å². The number of nitrogens with zero attached hydrogens (tertiary/aromatic N) is 2. The van der Waals surface area contributed by atoms with Crippen LogP contribution in [0.3, 0.4) is 0 Å². The molecule has 3 N–H and O–H groups in total. The van der Waals surface area contributed by atoms with Gasteiger partial charge >= 0.3 is 0 Å². The molecule has 1 aromatic heterocycles. The van der Waals surface area contributed by atoms with Gasteiger partial charge in [0.25, 0.3) is 11.8 Å². The van der Waals surface area contributed by atoms with Gasteiger partial charge in [0.05, 0.1) is 25.5 Å². The summed E-state index contributed by atoms with van der Waals surface area (Å²) in [5.41, 5.74) is 4.29. The predicted octanol–water partition coefficient (Wildman–Crippen LogP) is 7.34. The lowest BCUT2D eigenvalue weighted by atomic mass is 10.0. The summed E-state index contributed by atoms with van der Waals surface area (Å²) in [7, 11) is 3.05. The van der Waals surface area contributed by atoms with E-state index in [1.807, 2.05) is 24.3 Å². The molecule has 4 aromatic carbocycles. The molecule has 1 aliphatic heterocycles. The Morgan fingerprint density at radius 3 is 2.40 bits per heavy atom. The van der Waals surface area contributed by atoms with Crippen LogP contribution in [-0.4, -0.2) is 49.1 Å². The summed E-state index contributed by atoms with van der Waals surface area (Å²) in [6.07, 6.45) is 2.31. The lowest BCUT2D eigenvalue weighted by molar-refractivity contribution is -0.114. The summed E-state index contributed by atoms with van der Waals surface area (Å²) in [6, 6.07) is 33.5. The molecule has 1 aliphatic rings. The molecular formula is C41H37N5O5S2. The van der Waals surface area contributed by atoms with Gasteiger partial charge in [-0.05, 0) is 71.7 Å². The van der Waals surface area contributed by atoms with E-state index in [9.17, 15) is 19.6 Å². The number of hydrogen-bond acceptors (Lipinski definition) is 9. The molecule has 0 aliphatic carbocycles. The number of carbonyl (C=O) groups is 3. The number of benzene rings is 4. The van der Waals surface area contributed by atoms with Gasteiger partial charge in [-0.2, -0.15) is 5.26 Å².